The van der Waals surface area contributed by atoms with Gasteiger partial charge in [0.2, 0.25) is 0 Å². The molecular formula is C23H29NS. The highest BCUT2D eigenvalue weighted by molar-refractivity contribution is 7.78. The molecule has 1 aromatic rings. The zero-order valence-electron chi connectivity index (χ0n) is 15.5. The topological polar surface area (TPSA) is 12.4 Å². The number of benzene rings is 1. The Balaban J connectivity index is 1.81. The van der Waals surface area contributed by atoms with E-state index in [9.17, 15) is 0 Å². The summed E-state index contributed by atoms with van der Waals surface area (Å²) >= 11 is 5.03. The summed E-state index contributed by atoms with van der Waals surface area (Å²) in [6.07, 6.45) is 13.5. The van der Waals surface area contributed by atoms with Gasteiger partial charge in [-0.05, 0) is 61.4 Å². The molecule has 25 heavy (non-hydrogen) atoms. The number of hydrogen-bond donors (Lipinski definition) is 0. The molecule has 0 aromatic heterocycles. The van der Waals surface area contributed by atoms with Crippen molar-refractivity contribution in [2.24, 2.45) is 16.8 Å². The van der Waals surface area contributed by atoms with E-state index in [-0.39, 0.29) is 5.54 Å². The van der Waals surface area contributed by atoms with Gasteiger partial charge in [0.05, 0.1) is 10.7 Å². The van der Waals surface area contributed by atoms with Crippen LogP contribution in [0.25, 0.3) is 5.57 Å². The number of thiocarbonyl (C=S) groups is 1. The summed E-state index contributed by atoms with van der Waals surface area (Å²) in [5, 5.41) is 2.72. The molecule has 0 spiro atoms. The SMILES string of the molecule is CCCC1CCC(C2(N=C=S)C=CC(c3ccccc3)=C(C)C2)CC1. The molecule has 1 atom stereocenters. The Morgan fingerprint density at radius 2 is 1.88 bits per heavy atom. The number of aliphatic imine (C=N–C) groups is 1. The maximum Gasteiger partial charge on any atom is 0.0958 e. The average molecular weight is 352 g/mol. The number of isothiocyanates is 1. The van der Waals surface area contributed by atoms with Gasteiger partial charge >= 0.3 is 0 Å². The highest BCUT2D eigenvalue weighted by Crippen LogP contribution is 2.45. The molecule has 2 aliphatic carbocycles. The van der Waals surface area contributed by atoms with Gasteiger partial charge in [-0.1, -0.05) is 80.7 Å². The molecule has 1 fully saturated rings. The van der Waals surface area contributed by atoms with Crippen molar-refractivity contribution in [3.05, 3.63) is 53.6 Å². The monoisotopic (exact) mass is 351 g/mol. The first-order chi connectivity index (χ1) is 12.2. The molecule has 1 saturated carbocycles. The van der Waals surface area contributed by atoms with Crippen LogP contribution in [-0.4, -0.2) is 10.7 Å². The lowest BCUT2D eigenvalue weighted by Crippen LogP contribution is -2.38. The molecule has 1 aromatic carbocycles. The summed E-state index contributed by atoms with van der Waals surface area (Å²) in [6, 6.07) is 10.7. The van der Waals surface area contributed by atoms with Crippen LogP contribution in [0.4, 0.5) is 0 Å². The first kappa shape index (κ1) is 18.3. The predicted molar refractivity (Wildman–Crippen MR) is 111 cm³/mol. The Labute approximate surface area is 157 Å². The van der Waals surface area contributed by atoms with Gasteiger partial charge < -0.3 is 0 Å². The van der Waals surface area contributed by atoms with Gasteiger partial charge in [-0.25, -0.2) is 4.99 Å². The van der Waals surface area contributed by atoms with E-state index in [4.69, 9.17) is 17.2 Å². The zero-order valence-corrected chi connectivity index (χ0v) is 16.3. The van der Waals surface area contributed by atoms with Crippen molar-refractivity contribution < 1.29 is 0 Å². The normalized spacial score (nSPS) is 29.4. The molecule has 1 nitrogen and oxygen atoms in total. The lowest BCUT2D eigenvalue weighted by molar-refractivity contribution is 0.198. The van der Waals surface area contributed by atoms with E-state index in [0.29, 0.717) is 5.92 Å². The molecule has 0 aliphatic heterocycles. The van der Waals surface area contributed by atoms with E-state index < -0.39 is 0 Å². The van der Waals surface area contributed by atoms with Crippen molar-refractivity contribution in [1.82, 2.24) is 0 Å². The van der Waals surface area contributed by atoms with E-state index in [0.717, 1.165) is 12.3 Å². The minimum absolute atomic E-state index is 0.165. The molecule has 0 bridgehead atoms. The van der Waals surface area contributed by atoms with Crippen molar-refractivity contribution in [2.75, 3.05) is 0 Å². The molecule has 2 heteroatoms. The maximum absolute atomic E-state index is 5.03. The van der Waals surface area contributed by atoms with Crippen molar-refractivity contribution in [1.29, 1.82) is 0 Å². The molecule has 132 valence electrons. The van der Waals surface area contributed by atoms with Crippen molar-refractivity contribution in [2.45, 2.75) is 64.3 Å². The van der Waals surface area contributed by atoms with Crippen molar-refractivity contribution in [3.63, 3.8) is 0 Å². The third-order valence-corrected chi connectivity index (χ3v) is 6.23. The Morgan fingerprint density at radius 1 is 1.16 bits per heavy atom. The lowest BCUT2D eigenvalue weighted by Gasteiger charge is -2.41. The van der Waals surface area contributed by atoms with Gasteiger partial charge in [0, 0.05) is 0 Å². The van der Waals surface area contributed by atoms with Crippen LogP contribution in [0.1, 0.15) is 64.4 Å². The van der Waals surface area contributed by atoms with E-state index in [1.807, 2.05) is 0 Å². The quantitative estimate of drug-likeness (QED) is 0.416. The zero-order chi connectivity index (χ0) is 17.7. The van der Waals surface area contributed by atoms with Crippen LogP contribution in [0.3, 0.4) is 0 Å². The van der Waals surface area contributed by atoms with Crippen LogP contribution >= 0.6 is 12.2 Å². The van der Waals surface area contributed by atoms with E-state index in [2.05, 4.69) is 61.5 Å². The minimum atomic E-state index is -0.165. The second-order valence-electron chi connectivity index (χ2n) is 7.77. The Kier molecular flexibility index (Phi) is 6.04. The molecule has 0 saturated heterocycles. The van der Waals surface area contributed by atoms with Gasteiger partial charge in [0.25, 0.3) is 0 Å². The fourth-order valence-electron chi connectivity index (χ4n) is 4.80. The average Bonchev–Trinajstić information content (AvgIpc) is 2.64. The Hall–Kier alpha value is -1.50. The molecule has 2 aliphatic rings. The number of hydrogen-bond acceptors (Lipinski definition) is 2. The first-order valence-electron chi connectivity index (χ1n) is 9.72. The molecule has 1 unspecified atom stereocenters. The fraction of sp³-hybridized carbons (Fsp3) is 0.522. The summed E-state index contributed by atoms with van der Waals surface area (Å²) in [6.45, 7) is 4.55. The van der Waals surface area contributed by atoms with Crippen LogP contribution in [-0.2, 0) is 0 Å². The molecule has 0 radical (unpaired) electrons. The van der Waals surface area contributed by atoms with Crippen LogP contribution < -0.4 is 0 Å². The maximum atomic E-state index is 5.03. The van der Waals surface area contributed by atoms with Crippen molar-refractivity contribution in [3.8, 4) is 0 Å². The second kappa shape index (κ2) is 8.25. The van der Waals surface area contributed by atoms with Gasteiger partial charge in [0.15, 0.2) is 0 Å². The number of rotatable bonds is 5. The molecular weight excluding hydrogens is 322 g/mol. The van der Waals surface area contributed by atoms with Gasteiger partial charge in [-0.15, -0.1) is 0 Å². The van der Waals surface area contributed by atoms with E-state index in [1.165, 1.54) is 55.2 Å². The van der Waals surface area contributed by atoms with Gasteiger partial charge in [0.1, 0.15) is 0 Å². The van der Waals surface area contributed by atoms with E-state index in [1.54, 1.807) is 0 Å². The Bertz CT molecular complexity index is 688. The smallest absolute Gasteiger partial charge is 0.0958 e. The highest BCUT2D eigenvalue weighted by atomic mass is 32.1. The lowest BCUT2D eigenvalue weighted by atomic mass is 9.67. The molecule has 0 amide bonds. The molecule has 0 heterocycles. The predicted octanol–water partition coefficient (Wildman–Crippen LogP) is 6.87. The number of allylic oxidation sites excluding steroid dienone is 2. The summed E-state index contributed by atoms with van der Waals surface area (Å²) in [7, 11) is 0. The van der Waals surface area contributed by atoms with E-state index >= 15 is 0 Å². The number of nitrogens with zero attached hydrogens (tertiary/aromatic N) is 1. The van der Waals surface area contributed by atoms with Crippen LogP contribution in [0.2, 0.25) is 0 Å². The first-order valence-corrected chi connectivity index (χ1v) is 10.1. The standard InChI is InChI=1S/C23H29NS/c1-3-7-19-10-12-21(13-11-19)23(24-17-25)15-14-22(18(2)16-23)20-8-5-4-6-9-20/h4-6,8-9,14-15,19,21H,3,7,10-13,16H2,1-2H3. The largest absolute Gasteiger partial charge is 0.221 e. The molecule has 0 N–H and O–H groups in total. The summed E-state index contributed by atoms with van der Waals surface area (Å²) in [4.78, 5) is 4.73. The van der Waals surface area contributed by atoms with Crippen molar-refractivity contribution >= 4 is 23.0 Å². The van der Waals surface area contributed by atoms with Gasteiger partial charge in [-0.3, -0.25) is 0 Å². The van der Waals surface area contributed by atoms with Crippen LogP contribution in [0.5, 0.6) is 0 Å². The highest BCUT2D eigenvalue weighted by Gasteiger charge is 2.40. The third-order valence-electron chi connectivity index (χ3n) is 6.14. The fourth-order valence-corrected chi connectivity index (χ4v) is 4.97. The second-order valence-corrected chi connectivity index (χ2v) is 7.95. The summed E-state index contributed by atoms with van der Waals surface area (Å²) in [5.74, 6) is 1.51. The summed E-state index contributed by atoms with van der Waals surface area (Å²) in [5.41, 5.74) is 3.89. The Morgan fingerprint density at radius 3 is 2.48 bits per heavy atom. The van der Waals surface area contributed by atoms with Crippen LogP contribution in [0, 0.1) is 11.8 Å². The van der Waals surface area contributed by atoms with Gasteiger partial charge in [-0.2, -0.15) is 0 Å². The summed E-state index contributed by atoms with van der Waals surface area (Å²) < 4.78 is 0. The van der Waals surface area contributed by atoms with Crippen LogP contribution in [0.15, 0.2) is 53.0 Å². The minimum Gasteiger partial charge on any atom is -0.221 e. The third kappa shape index (κ3) is 4.02. The molecule has 3 rings (SSSR count).